The molecule has 2 rings (SSSR count). The molecule has 99 valence electrons. The van der Waals surface area contributed by atoms with Crippen molar-refractivity contribution in [1.29, 1.82) is 0 Å². The van der Waals surface area contributed by atoms with Crippen LogP contribution >= 0.6 is 0 Å². The van der Waals surface area contributed by atoms with Gasteiger partial charge in [0.25, 0.3) is 0 Å². The summed E-state index contributed by atoms with van der Waals surface area (Å²) in [5.74, 6) is -0.177. The maximum Gasteiger partial charge on any atom is 0.419 e. The highest BCUT2D eigenvalue weighted by Gasteiger charge is 2.34. The van der Waals surface area contributed by atoms with Crippen LogP contribution in [0.2, 0.25) is 0 Å². The average Bonchev–Trinajstić information content (AvgIpc) is 2.37. The molecule has 0 amide bonds. The van der Waals surface area contributed by atoms with Crippen LogP contribution in [-0.2, 0) is 12.8 Å². The number of benzene rings is 2. The highest BCUT2D eigenvalue weighted by molar-refractivity contribution is 5.40. The van der Waals surface area contributed by atoms with E-state index < -0.39 is 11.7 Å². The first-order valence-electron chi connectivity index (χ1n) is 5.67. The second-order valence-electron chi connectivity index (χ2n) is 4.10. The number of ether oxygens (including phenoxy) is 1. The zero-order valence-corrected chi connectivity index (χ0v) is 10.1. The fourth-order valence-electron chi connectivity index (χ4n) is 1.66. The van der Waals surface area contributed by atoms with E-state index in [1.165, 1.54) is 12.1 Å². The molecule has 0 aliphatic carbocycles. The molecular weight excluding hydrogens is 253 g/mol. The molecule has 0 aliphatic rings. The Kier molecular flexibility index (Phi) is 3.79. The minimum atomic E-state index is -4.44. The molecule has 0 heterocycles. The van der Waals surface area contributed by atoms with Gasteiger partial charge in [0.05, 0.1) is 5.56 Å². The van der Waals surface area contributed by atoms with Gasteiger partial charge in [0, 0.05) is 0 Å². The van der Waals surface area contributed by atoms with E-state index in [2.05, 4.69) is 6.92 Å². The van der Waals surface area contributed by atoms with Gasteiger partial charge in [0.1, 0.15) is 12.4 Å². The van der Waals surface area contributed by atoms with Crippen LogP contribution in [0.4, 0.5) is 13.2 Å². The first-order valence-corrected chi connectivity index (χ1v) is 5.67. The van der Waals surface area contributed by atoms with Crippen LogP contribution in [0.15, 0.2) is 48.5 Å². The first kappa shape index (κ1) is 13.5. The van der Waals surface area contributed by atoms with E-state index in [1.54, 1.807) is 12.1 Å². The van der Waals surface area contributed by atoms with Gasteiger partial charge >= 0.3 is 6.18 Å². The van der Waals surface area contributed by atoms with Crippen molar-refractivity contribution in [2.45, 2.75) is 12.8 Å². The summed E-state index contributed by atoms with van der Waals surface area (Å²) in [5, 5.41) is 0. The molecule has 2 aromatic carbocycles. The van der Waals surface area contributed by atoms with Crippen molar-refractivity contribution in [3.8, 4) is 5.75 Å². The van der Waals surface area contributed by atoms with Gasteiger partial charge in [-0.1, -0.05) is 36.4 Å². The summed E-state index contributed by atoms with van der Waals surface area (Å²) in [4.78, 5) is 0. The summed E-state index contributed by atoms with van der Waals surface area (Å²) in [6.45, 7) is 3.60. The lowest BCUT2D eigenvalue weighted by atomic mass is 10.1. The molecule has 0 aromatic heterocycles. The monoisotopic (exact) mass is 265 g/mol. The van der Waals surface area contributed by atoms with Gasteiger partial charge in [-0.2, -0.15) is 13.2 Å². The predicted octanol–water partition coefficient (Wildman–Crippen LogP) is 4.47. The summed E-state index contributed by atoms with van der Waals surface area (Å²) >= 11 is 0. The summed E-state index contributed by atoms with van der Waals surface area (Å²) in [5.41, 5.74) is 0.324. The van der Waals surface area contributed by atoms with Gasteiger partial charge in [-0.25, -0.2) is 0 Å². The van der Waals surface area contributed by atoms with Gasteiger partial charge in [-0.15, -0.1) is 0 Å². The lowest BCUT2D eigenvalue weighted by Crippen LogP contribution is -2.09. The zero-order valence-electron chi connectivity index (χ0n) is 10.1. The van der Waals surface area contributed by atoms with E-state index in [4.69, 9.17) is 4.74 Å². The van der Waals surface area contributed by atoms with Crippen LogP contribution in [0.25, 0.3) is 0 Å². The molecule has 1 radical (unpaired) electrons. The van der Waals surface area contributed by atoms with Crippen LogP contribution < -0.4 is 4.74 Å². The van der Waals surface area contributed by atoms with Gasteiger partial charge in [0.2, 0.25) is 0 Å². The van der Waals surface area contributed by atoms with Crippen LogP contribution in [0, 0.1) is 6.92 Å². The normalized spacial score (nSPS) is 11.4. The third kappa shape index (κ3) is 3.50. The van der Waals surface area contributed by atoms with Crippen LogP contribution in [-0.4, -0.2) is 0 Å². The molecular formula is C15H12F3O. The minimum absolute atomic E-state index is 0.0976. The lowest BCUT2D eigenvalue weighted by molar-refractivity contribution is -0.139. The Balaban J connectivity index is 2.21. The first-order chi connectivity index (χ1) is 8.97. The van der Waals surface area contributed by atoms with Gasteiger partial charge in [-0.3, -0.25) is 0 Å². The molecule has 2 aromatic rings. The Morgan fingerprint density at radius 1 is 1.00 bits per heavy atom. The smallest absolute Gasteiger partial charge is 0.419 e. The van der Waals surface area contributed by atoms with E-state index in [9.17, 15) is 13.2 Å². The van der Waals surface area contributed by atoms with E-state index in [-0.39, 0.29) is 12.4 Å². The van der Waals surface area contributed by atoms with E-state index in [0.29, 0.717) is 5.56 Å². The largest absolute Gasteiger partial charge is 0.488 e. The van der Waals surface area contributed by atoms with E-state index in [1.807, 2.05) is 18.2 Å². The zero-order chi connectivity index (χ0) is 13.9. The van der Waals surface area contributed by atoms with E-state index >= 15 is 0 Å². The molecule has 19 heavy (non-hydrogen) atoms. The van der Waals surface area contributed by atoms with Gasteiger partial charge in [0.15, 0.2) is 0 Å². The third-order valence-electron chi connectivity index (χ3n) is 2.59. The third-order valence-corrected chi connectivity index (χ3v) is 2.59. The Morgan fingerprint density at radius 2 is 1.68 bits per heavy atom. The molecule has 0 aliphatic heterocycles. The van der Waals surface area contributed by atoms with Crippen LogP contribution in [0.3, 0.4) is 0 Å². The topological polar surface area (TPSA) is 9.23 Å². The van der Waals surface area contributed by atoms with Gasteiger partial charge in [-0.05, 0) is 30.2 Å². The Morgan fingerprint density at radius 3 is 2.32 bits per heavy atom. The van der Waals surface area contributed by atoms with Crippen molar-refractivity contribution in [2.75, 3.05) is 0 Å². The Hall–Kier alpha value is -1.97. The molecule has 0 fully saturated rings. The predicted molar refractivity (Wildman–Crippen MR) is 66.7 cm³/mol. The van der Waals surface area contributed by atoms with Crippen LogP contribution in [0.5, 0.6) is 5.75 Å². The number of alkyl halides is 3. The molecule has 0 atom stereocenters. The van der Waals surface area contributed by atoms with Crippen molar-refractivity contribution >= 4 is 0 Å². The summed E-state index contributed by atoms with van der Waals surface area (Å²) in [7, 11) is 0. The minimum Gasteiger partial charge on any atom is -0.488 e. The number of hydrogen-bond acceptors (Lipinski definition) is 1. The fourth-order valence-corrected chi connectivity index (χ4v) is 1.66. The average molecular weight is 265 g/mol. The summed E-state index contributed by atoms with van der Waals surface area (Å²) < 4.78 is 43.8. The molecule has 0 saturated heterocycles. The van der Waals surface area contributed by atoms with Gasteiger partial charge < -0.3 is 4.74 Å². The standard InChI is InChI=1S/C15H12F3O/c1-11-7-8-14(13(9-11)15(16,17)18)19-10-12-5-3-2-4-6-12/h2-9H,1,10H2. The second-order valence-corrected chi connectivity index (χ2v) is 4.10. The SMILES string of the molecule is [CH2]c1ccc(OCc2ccccc2)c(C(F)(F)F)c1. The Bertz CT molecular complexity index is 547. The molecule has 1 nitrogen and oxygen atoms in total. The lowest BCUT2D eigenvalue weighted by Gasteiger charge is -2.14. The highest BCUT2D eigenvalue weighted by atomic mass is 19.4. The van der Waals surface area contributed by atoms with Crippen molar-refractivity contribution in [1.82, 2.24) is 0 Å². The summed E-state index contributed by atoms with van der Waals surface area (Å²) in [6, 6.07) is 12.8. The van der Waals surface area contributed by atoms with Crippen molar-refractivity contribution < 1.29 is 17.9 Å². The molecule has 0 bridgehead atoms. The second kappa shape index (κ2) is 5.34. The number of hydrogen-bond donors (Lipinski definition) is 0. The van der Waals surface area contributed by atoms with Crippen molar-refractivity contribution in [2.24, 2.45) is 0 Å². The maximum atomic E-state index is 12.8. The molecule has 0 N–H and O–H groups in total. The van der Waals surface area contributed by atoms with Crippen LogP contribution in [0.1, 0.15) is 16.7 Å². The fraction of sp³-hybridized carbons (Fsp3) is 0.133. The molecule has 0 spiro atoms. The molecule has 4 heteroatoms. The van der Waals surface area contributed by atoms with E-state index in [0.717, 1.165) is 11.6 Å². The highest BCUT2D eigenvalue weighted by Crippen LogP contribution is 2.37. The van der Waals surface area contributed by atoms with Crippen molar-refractivity contribution in [3.63, 3.8) is 0 Å². The van der Waals surface area contributed by atoms with Crippen molar-refractivity contribution in [3.05, 3.63) is 72.1 Å². The maximum absolute atomic E-state index is 12.8. The quantitative estimate of drug-likeness (QED) is 0.795. The summed E-state index contributed by atoms with van der Waals surface area (Å²) in [6.07, 6.45) is -4.44. The molecule has 0 saturated carbocycles. The number of rotatable bonds is 3. The molecule has 0 unspecified atom stereocenters. The number of halogens is 3. The Labute approximate surface area is 109 Å².